The van der Waals surface area contributed by atoms with Crippen LogP contribution < -0.4 is 0 Å². The van der Waals surface area contributed by atoms with E-state index in [2.05, 4.69) is 19.9 Å². The molecule has 0 amide bonds. The summed E-state index contributed by atoms with van der Waals surface area (Å²) in [6.45, 7) is 4.40. The van der Waals surface area contributed by atoms with E-state index < -0.39 is 17.8 Å². The minimum atomic E-state index is -0.840. The molecule has 0 heterocycles. The van der Waals surface area contributed by atoms with Gasteiger partial charge >= 0.3 is 11.9 Å². The van der Waals surface area contributed by atoms with Gasteiger partial charge in [-0.1, -0.05) is 26.0 Å². The fraction of sp³-hybridized carbons (Fsp3) is 0.818. The molecule has 0 spiro atoms. The summed E-state index contributed by atoms with van der Waals surface area (Å²) in [6.07, 6.45) is 11.0. The van der Waals surface area contributed by atoms with Crippen molar-refractivity contribution in [3.63, 3.8) is 0 Å². The Hall–Kier alpha value is -1.32. The molecule has 6 aliphatic rings. The second-order valence-electron chi connectivity index (χ2n) is 10.1. The third-order valence-electron chi connectivity index (χ3n) is 8.61. The molecule has 4 unspecified atom stereocenters. The maximum atomic E-state index is 13.3. The average molecular weight is 358 g/mol. The number of ether oxygens (including phenoxy) is 1. The van der Waals surface area contributed by atoms with E-state index in [1.54, 1.807) is 0 Å². The van der Waals surface area contributed by atoms with E-state index in [4.69, 9.17) is 4.74 Å². The standard InChI is InChI=1S/C22H30O4/c1-11(2)22(16-6-12-5-13(8-16)9-17(22)7-12)26-21(25)19-15-4-3-14(10-15)18(19)20(23)24/h3-4,11-19H,5-10H2,1-2H3,(H,23,24). The lowest BCUT2D eigenvalue weighted by Crippen LogP contribution is -2.62. The molecule has 0 aromatic carbocycles. The molecule has 4 nitrogen and oxygen atoms in total. The first-order chi connectivity index (χ1) is 12.4. The summed E-state index contributed by atoms with van der Waals surface area (Å²) in [4.78, 5) is 25.1. The van der Waals surface area contributed by atoms with Crippen LogP contribution >= 0.6 is 0 Å². The minimum Gasteiger partial charge on any atom is -0.481 e. The number of esters is 1. The van der Waals surface area contributed by atoms with Crippen LogP contribution in [0.1, 0.15) is 52.4 Å². The van der Waals surface area contributed by atoms with Gasteiger partial charge in [-0.3, -0.25) is 9.59 Å². The second-order valence-corrected chi connectivity index (χ2v) is 10.1. The van der Waals surface area contributed by atoms with Crippen molar-refractivity contribution in [1.82, 2.24) is 0 Å². The van der Waals surface area contributed by atoms with Crippen molar-refractivity contribution < 1.29 is 19.4 Å². The zero-order valence-corrected chi connectivity index (χ0v) is 15.8. The summed E-state index contributed by atoms with van der Waals surface area (Å²) in [5.41, 5.74) is -0.362. The monoisotopic (exact) mass is 358 g/mol. The molecule has 0 saturated heterocycles. The molecule has 6 rings (SSSR count). The lowest BCUT2D eigenvalue weighted by molar-refractivity contribution is -0.230. The first kappa shape index (κ1) is 16.8. The molecule has 4 atom stereocenters. The molecule has 4 heteroatoms. The van der Waals surface area contributed by atoms with E-state index >= 15 is 0 Å². The highest BCUT2D eigenvalue weighted by molar-refractivity contribution is 5.83. The van der Waals surface area contributed by atoms with Crippen LogP contribution in [-0.2, 0) is 14.3 Å². The van der Waals surface area contributed by atoms with Crippen molar-refractivity contribution in [1.29, 1.82) is 0 Å². The summed E-state index contributed by atoms with van der Waals surface area (Å²) in [5, 5.41) is 9.69. The van der Waals surface area contributed by atoms with Gasteiger partial charge in [-0.2, -0.15) is 0 Å². The van der Waals surface area contributed by atoms with Crippen LogP contribution in [0.4, 0.5) is 0 Å². The Morgan fingerprint density at radius 3 is 1.96 bits per heavy atom. The molecule has 1 N–H and O–H groups in total. The maximum absolute atomic E-state index is 13.3. The Morgan fingerprint density at radius 2 is 1.46 bits per heavy atom. The highest BCUT2D eigenvalue weighted by Gasteiger charge is 2.62. The van der Waals surface area contributed by atoms with E-state index in [-0.39, 0.29) is 23.4 Å². The number of hydrogen-bond donors (Lipinski definition) is 1. The van der Waals surface area contributed by atoms with Crippen molar-refractivity contribution in [2.24, 2.45) is 53.3 Å². The number of carbonyl (C=O) groups is 2. The molecule has 0 aromatic heterocycles. The largest absolute Gasteiger partial charge is 0.481 e. The third kappa shape index (κ3) is 2.13. The molecule has 0 radical (unpaired) electrons. The third-order valence-corrected chi connectivity index (χ3v) is 8.61. The summed E-state index contributed by atoms with van der Waals surface area (Å²) in [5.74, 6) is 0.773. The van der Waals surface area contributed by atoms with Gasteiger partial charge in [0, 0.05) is 0 Å². The number of carboxylic acids is 1. The maximum Gasteiger partial charge on any atom is 0.311 e. The van der Waals surface area contributed by atoms with Gasteiger partial charge in [0.15, 0.2) is 0 Å². The van der Waals surface area contributed by atoms with Gasteiger partial charge in [0.25, 0.3) is 0 Å². The Labute approximate surface area is 155 Å². The van der Waals surface area contributed by atoms with Crippen molar-refractivity contribution in [3.05, 3.63) is 12.2 Å². The molecule has 0 aromatic rings. The normalized spacial score (nSPS) is 50.6. The number of carbonyl (C=O) groups excluding carboxylic acids is 1. The number of carboxylic acid groups (broad SMARTS) is 1. The van der Waals surface area contributed by atoms with Gasteiger partial charge in [-0.25, -0.2) is 0 Å². The molecule has 26 heavy (non-hydrogen) atoms. The highest BCUT2D eigenvalue weighted by Crippen LogP contribution is 2.62. The molecule has 0 aliphatic heterocycles. The van der Waals surface area contributed by atoms with Crippen LogP contribution in [-0.4, -0.2) is 22.6 Å². The molecule has 5 saturated carbocycles. The van der Waals surface area contributed by atoms with Crippen LogP contribution in [0.25, 0.3) is 0 Å². The quantitative estimate of drug-likeness (QED) is 0.611. The second kappa shape index (κ2) is 5.59. The topological polar surface area (TPSA) is 63.6 Å². The van der Waals surface area contributed by atoms with Crippen LogP contribution in [0.5, 0.6) is 0 Å². The van der Waals surface area contributed by atoms with Crippen molar-refractivity contribution in [3.8, 4) is 0 Å². The van der Waals surface area contributed by atoms with Gasteiger partial charge in [-0.05, 0) is 80.0 Å². The lowest BCUT2D eigenvalue weighted by atomic mass is 9.47. The molecule has 6 aliphatic carbocycles. The minimum absolute atomic E-state index is 0.00329. The molecular weight excluding hydrogens is 328 g/mol. The molecular formula is C22H30O4. The van der Waals surface area contributed by atoms with Crippen LogP contribution in [0.3, 0.4) is 0 Å². The van der Waals surface area contributed by atoms with Gasteiger partial charge in [-0.15, -0.1) is 0 Å². The molecule has 5 fully saturated rings. The predicted molar refractivity (Wildman–Crippen MR) is 96.1 cm³/mol. The number of hydrogen-bond acceptors (Lipinski definition) is 3. The summed E-state index contributed by atoms with van der Waals surface area (Å²) >= 11 is 0. The smallest absolute Gasteiger partial charge is 0.311 e. The fourth-order valence-electron chi connectivity index (χ4n) is 7.87. The average Bonchev–Trinajstić information content (AvgIpc) is 3.18. The van der Waals surface area contributed by atoms with E-state index in [1.165, 1.54) is 32.1 Å². The first-order valence-electron chi connectivity index (χ1n) is 10.5. The Bertz CT molecular complexity index is 635. The van der Waals surface area contributed by atoms with Gasteiger partial charge < -0.3 is 9.84 Å². The van der Waals surface area contributed by atoms with Crippen LogP contribution in [0.15, 0.2) is 12.2 Å². The Balaban J connectivity index is 1.44. The van der Waals surface area contributed by atoms with Gasteiger partial charge in [0.1, 0.15) is 5.60 Å². The highest BCUT2D eigenvalue weighted by atomic mass is 16.6. The van der Waals surface area contributed by atoms with Crippen LogP contribution in [0, 0.1) is 53.3 Å². The molecule has 142 valence electrons. The van der Waals surface area contributed by atoms with Crippen LogP contribution in [0.2, 0.25) is 0 Å². The Kier molecular flexibility index (Phi) is 3.62. The zero-order chi connectivity index (χ0) is 18.2. The predicted octanol–water partition coefficient (Wildman–Crippen LogP) is 3.90. The van der Waals surface area contributed by atoms with Crippen molar-refractivity contribution in [2.75, 3.05) is 0 Å². The Morgan fingerprint density at radius 1 is 0.923 bits per heavy atom. The van der Waals surface area contributed by atoms with Crippen molar-refractivity contribution in [2.45, 2.75) is 58.0 Å². The number of rotatable bonds is 4. The van der Waals surface area contributed by atoms with E-state index in [9.17, 15) is 14.7 Å². The fourth-order valence-corrected chi connectivity index (χ4v) is 7.87. The van der Waals surface area contributed by atoms with E-state index in [1.807, 2.05) is 6.08 Å². The SMILES string of the molecule is CC(C)C1(OC(=O)C2C3C=CC(C3)C2C(=O)O)C2CC3CC(C2)CC1C3. The zero-order valence-electron chi connectivity index (χ0n) is 15.8. The van der Waals surface area contributed by atoms with Crippen molar-refractivity contribution >= 4 is 11.9 Å². The van der Waals surface area contributed by atoms with E-state index in [0.29, 0.717) is 17.8 Å². The van der Waals surface area contributed by atoms with E-state index in [0.717, 1.165) is 18.3 Å². The lowest BCUT2D eigenvalue weighted by Gasteiger charge is -2.62. The molecule has 6 bridgehead atoms. The summed E-state index contributed by atoms with van der Waals surface area (Å²) < 4.78 is 6.46. The number of fused-ring (bicyclic) bond motifs is 2. The number of aliphatic carboxylic acids is 1. The first-order valence-corrected chi connectivity index (χ1v) is 10.5. The summed E-state index contributed by atoms with van der Waals surface area (Å²) in [7, 11) is 0. The van der Waals surface area contributed by atoms with Gasteiger partial charge in [0.05, 0.1) is 11.8 Å². The van der Waals surface area contributed by atoms with Gasteiger partial charge in [0.2, 0.25) is 0 Å². The number of allylic oxidation sites excluding steroid dienone is 2. The summed E-state index contributed by atoms with van der Waals surface area (Å²) in [6, 6.07) is 0.